The fourth-order valence-electron chi connectivity index (χ4n) is 7.65. The molecule has 8 N–H and O–H groups in total. The molecule has 4 aliphatic heterocycles. The van der Waals surface area contributed by atoms with Gasteiger partial charge in [-0.05, 0) is 46.0 Å². The van der Waals surface area contributed by atoms with Gasteiger partial charge in [-0.15, -0.1) is 0 Å². The first kappa shape index (κ1) is 54.8. The standard InChI is InChI=1S/C44H62O23/c1-7-22-24(14-30(46)60-13-12-20(3)10-9-11-21(4)38(54)55)26(39(56)58-5)17-63-42(22)67-44-37(53)35(51)33(49)29(65-44)19-61-31(47)15-25-23(8-2)41(62-18-27(25)40(57)59-6)66-43-36(52)34(50)32(48)28(16-45)64-43/h7-8,11,17-18,20,24-25,28-29,32-37,41-45,48-53H,9-10,12-16,19H2,1-6H3,(H,54,55). The fraction of sp³-hybridized carbons (Fsp3) is 0.659. The molecule has 0 aliphatic carbocycles. The van der Waals surface area contributed by atoms with Crippen molar-refractivity contribution in [2.24, 2.45) is 17.8 Å². The maximum absolute atomic E-state index is 13.5. The molecule has 0 bridgehead atoms. The van der Waals surface area contributed by atoms with E-state index < -0.39 is 135 Å². The molecule has 0 saturated carbocycles. The Bertz CT molecular complexity index is 1890. The van der Waals surface area contributed by atoms with E-state index in [9.17, 15) is 59.7 Å². The Labute approximate surface area is 385 Å². The van der Waals surface area contributed by atoms with Crippen LogP contribution in [-0.2, 0) is 71.3 Å². The number of aliphatic hydroxyl groups is 7. The van der Waals surface area contributed by atoms with Crippen LogP contribution in [0.4, 0.5) is 0 Å². The Balaban J connectivity index is 1.42. The number of hydrogen-bond acceptors (Lipinski definition) is 22. The molecule has 4 rings (SSSR count). The molecular formula is C44H62O23. The Morgan fingerprint density at radius 1 is 0.687 bits per heavy atom. The zero-order chi connectivity index (χ0) is 49.7. The number of allylic oxidation sites excluding steroid dienone is 3. The van der Waals surface area contributed by atoms with Crippen molar-refractivity contribution in [1.29, 1.82) is 0 Å². The van der Waals surface area contributed by atoms with E-state index in [1.165, 1.54) is 26.0 Å². The number of carboxylic acids is 1. The number of aliphatic hydroxyl groups excluding tert-OH is 7. The normalized spacial score (nSPS) is 33.9. The zero-order valence-corrected chi connectivity index (χ0v) is 37.9. The van der Waals surface area contributed by atoms with E-state index in [0.29, 0.717) is 19.3 Å². The first-order valence-corrected chi connectivity index (χ1v) is 21.5. The van der Waals surface area contributed by atoms with Gasteiger partial charge in [0.25, 0.3) is 0 Å². The van der Waals surface area contributed by atoms with Gasteiger partial charge in [0.1, 0.15) is 55.4 Å². The van der Waals surface area contributed by atoms with Gasteiger partial charge in [0, 0.05) is 28.6 Å². The lowest BCUT2D eigenvalue weighted by Crippen LogP contribution is -2.60. The second-order valence-electron chi connectivity index (χ2n) is 16.2. The van der Waals surface area contributed by atoms with Crippen molar-refractivity contribution in [2.75, 3.05) is 34.0 Å². The highest BCUT2D eigenvalue weighted by Crippen LogP contribution is 2.38. The van der Waals surface area contributed by atoms with Gasteiger partial charge in [0.2, 0.25) is 12.6 Å². The van der Waals surface area contributed by atoms with Crippen molar-refractivity contribution < 1.29 is 112 Å². The molecule has 0 amide bonds. The summed E-state index contributed by atoms with van der Waals surface area (Å²) in [6, 6.07) is 0. The molecule has 15 atom stereocenters. The molecule has 2 saturated heterocycles. The van der Waals surface area contributed by atoms with Gasteiger partial charge in [-0.1, -0.05) is 25.2 Å². The number of hydrogen-bond donors (Lipinski definition) is 8. The topological polar surface area (TPSA) is 339 Å². The molecule has 23 heteroatoms. The minimum absolute atomic E-state index is 0.0384. The van der Waals surface area contributed by atoms with Crippen molar-refractivity contribution in [3.63, 3.8) is 0 Å². The van der Waals surface area contributed by atoms with Gasteiger partial charge in [-0.3, -0.25) is 9.59 Å². The van der Waals surface area contributed by atoms with E-state index >= 15 is 0 Å². The van der Waals surface area contributed by atoms with Crippen LogP contribution in [0.3, 0.4) is 0 Å². The Morgan fingerprint density at radius 2 is 1.15 bits per heavy atom. The highest BCUT2D eigenvalue weighted by atomic mass is 16.8. The quantitative estimate of drug-likeness (QED) is 0.0323. The first-order chi connectivity index (χ1) is 31.8. The lowest BCUT2D eigenvalue weighted by molar-refractivity contribution is -0.328. The molecule has 0 aromatic rings. The summed E-state index contributed by atoms with van der Waals surface area (Å²) in [4.78, 5) is 63.3. The van der Waals surface area contributed by atoms with Crippen LogP contribution in [0, 0.1) is 17.8 Å². The molecule has 0 spiro atoms. The minimum atomic E-state index is -1.93. The van der Waals surface area contributed by atoms with Gasteiger partial charge in [-0.2, -0.15) is 0 Å². The molecule has 376 valence electrons. The van der Waals surface area contributed by atoms with E-state index in [1.54, 1.807) is 13.0 Å². The third-order valence-electron chi connectivity index (χ3n) is 11.7. The maximum atomic E-state index is 13.5. The van der Waals surface area contributed by atoms with E-state index in [2.05, 4.69) is 0 Å². The number of ether oxygens (including phenoxy) is 10. The van der Waals surface area contributed by atoms with Crippen LogP contribution in [0.25, 0.3) is 0 Å². The average molecular weight is 959 g/mol. The number of esters is 4. The van der Waals surface area contributed by atoms with Gasteiger partial charge in [-0.25, -0.2) is 14.4 Å². The number of carboxylic acid groups (broad SMARTS) is 1. The van der Waals surface area contributed by atoms with Gasteiger partial charge in [0.15, 0.2) is 12.6 Å². The van der Waals surface area contributed by atoms with Crippen LogP contribution in [0.2, 0.25) is 0 Å². The molecule has 15 unspecified atom stereocenters. The molecule has 4 aliphatic rings. The summed E-state index contributed by atoms with van der Waals surface area (Å²) in [7, 11) is 2.22. The molecule has 0 aromatic carbocycles. The zero-order valence-electron chi connectivity index (χ0n) is 37.9. The second-order valence-corrected chi connectivity index (χ2v) is 16.2. The monoisotopic (exact) mass is 958 g/mol. The van der Waals surface area contributed by atoms with Crippen LogP contribution >= 0.6 is 0 Å². The Hall–Kier alpha value is -4.79. The highest BCUT2D eigenvalue weighted by molar-refractivity contribution is 5.91. The van der Waals surface area contributed by atoms with E-state index in [-0.39, 0.29) is 46.8 Å². The summed E-state index contributed by atoms with van der Waals surface area (Å²) in [6.07, 6.45) is -12.9. The molecule has 0 aromatic heterocycles. The van der Waals surface area contributed by atoms with Crippen LogP contribution in [0.5, 0.6) is 0 Å². The van der Waals surface area contributed by atoms with Gasteiger partial charge in [0.05, 0.1) is 63.9 Å². The molecular weight excluding hydrogens is 896 g/mol. The van der Waals surface area contributed by atoms with Crippen molar-refractivity contribution in [3.8, 4) is 0 Å². The van der Waals surface area contributed by atoms with Crippen LogP contribution in [0.15, 0.2) is 58.6 Å². The summed E-state index contributed by atoms with van der Waals surface area (Å²) in [5, 5.41) is 82.2. The largest absolute Gasteiger partial charge is 0.478 e. The van der Waals surface area contributed by atoms with E-state index in [0.717, 1.165) is 26.7 Å². The lowest BCUT2D eigenvalue weighted by atomic mass is 9.86. The average Bonchev–Trinajstić information content (AvgIpc) is 3.30. The molecule has 0 radical (unpaired) electrons. The predicted molar refractivity (Wildman–Crippen MR) is 223 cm³/mol. The second kappa shape index (κ2) is 25.5. The number of methoxy groups -OCH3 is 2. The van der Waals surface area contributed by atoms with Crippen LogP contribution in [-0.4, -0.2) is 179 Å². The number of carbonyl (C=O) groups excluding carboxylic acids is 4. The maximum Gasteiger partial charge on any atom is 0.337 e. The lowest BCUT2D eigenvalue weighted by Gasteiger charge is -2.42. The van der Waals surface area contributed by atoms with Crippen molar-refractivity contribution in [2.45, 2.75) is 134 Å². The van der Waals surface area contributed by atoms with Gasteiger partial charge < -0.3 is 88.2 Å². The Kier molecular flexibility index (Phi) is 20.9. The summed E-state index contributed by atoms with van der Waals surface area (Å²) in [5.41, 5.74) is 0.345. The van der Waals surface area contributed by atoms with Crippen molar-refractivity contribution >= 4 is 29.8 Å². The minimum Gasteiger partial charge on any atom is -0.478 e. The molecule has 2 fully saturated rings. The fourth-order valence-corrected chi connectivity index (χ4v) is 7.65. The third kappa shape index (κ3) is 13.9. The molecule has 23 nitrogen and oxygen atoms in total. The Morgan fingerprint density at radius 3 is 1.60 bits per heavy atom. The summed E-state index contributed by atoms with van der Waals surface area (Å²) in [6.45, 7) is 5.08. The highest BCUT2D eigenvalue weighted by Gasteiger charge is 2.49. The van der Waals surface area contributed by atoms with E-state index in [4.69, 9.17) is 52.5 Å². The summed E-state index contributed by atoms with van der Waals surface area (Å²) in [5.74, 6) is -6.48. The number of rotatable bonds is 20. The number of carbonyl (C=O) groups is 5. The molecule has 4 heterocycles. The summed E-state index contributed by atoms with van der Waals surface area (Å²) < 4.78 is 54.9. The first-order valence-electron chi connectivity index (χ1n) is 21.5. The SMILES string of the molecule is CC=C1C(OC2OC(CO)C(O)C(O)C2O)OC=C(C(=O)OC)C1CC(=O)OCC1OC(OC2OC=C(C(=O)OC)C(CC(=O)OCCC(C)CCC=C(C)C(=O)O)C2=CC)C(O)C(O)C1O. The smallest absolute Gasteiger partial charge is 0.337 e. The van der Waals surface area contributed by atoms with Crippen LogP contribution < -0.4 is 0 Å². The predicted octanol–water partition coefficient (Wildman–Crippen LogP) is -0.718. The van der Waals surface area contributed by atoms with Gasteiger partial charge >= 0.3 is 29.8 Å². The van der Waals surface area contributed by atoms with Crippen molar-refractivity contribution in [3.05, 3.63) is 58.6 Å². The van der Waals surface area contributed by atoms with E-state index in [1.807, 2.05) is 6.92 Å². The molecule has 67 heavy (non-hydrogen) atoms. The summed E-state index contributed by atoms with van der Waals surface area (Å²) >= 11 is 0. The van der Waals surface area contributed by atoms with Crippen LogP contribution in [0.1, 0.15) is 59.8 Å². The number of aliphatic carboxylic acids is 1. The van der Waals surface area contributed by atoms with Crippen molar-refractivity contribution in [1.82, 2.24) is 0 Å². The third-order valence-corrected chi connectivity index (χ3v) is 11.7.